The Kier molecular flexibility index (Phi) is 7.49. The van der Waals surface area contributed by atoms with Crippen LogP contribution < -0.4 is 5.32 Å². The average Bonchev–Trinajstić information content (AvgIpc) is 2.79. The molecular weight excluding hydrogens is 390 g/mol. The molecule has 31 heavy (non-hydrogen) atoms. The number of aromatic hydroxyl groups is 2. The summed E-state index contributed by atoms with van der Waals surface area (Å²) < 4.78 is 0. The third-order valence-corrected chi connectivity index (χ3v) is 4.78. The molecule has 4 N–H and O–H groups in total. The fourth-order valence-corrected chi connectivity index (χ4v) is 3.14. The van der Waals surface area contributed by atoms with E-state index in [1.165, 1.54) is 24.3 Å². The first-order chi connectivity index (χ1) is 15.0. The predicted octanol–water partition coefficient (Wildman–Crippen LogP) is 4.83. The molecule has 0 spiro atoms. The van der Waals surface area contributed by atoms with Gasteiger partial charge in [0.2, 0.25) is 5.91 Å². The van der Waals surface area contributed by atoms with Crippen molar-refractivity contribution in [1.29, 1.82) is 0 Å². The first-order valence-electron chi connectivity index (χ1n) is 10.0. The zero-order valence-electron chi connectivity index (χ0n) is 17.0. The minimum absolute atomic E-state index is 0.214. The Morgan fingerprint density at radius 3 is 2.23 bits per heavy atom. The van der Waals surface area contributed by atoms with Crippen LogP contribution >= 0.6 is 0 Å². The van der Waals surface area contributed by atoms with Gasteiger partial charge in [0.25, 0.3) is 0 Å². The third kappa shape index (κ3) is 6.51. The lowest BCUT2D eigenvalue weighted by molar-refractivity contribution is -0.116. The van der Waals surface area contributed by atoms with E-state index in [9.17, 15) is 20.1 Å². The van der Waals surface area contributed by atoms with Gasteiger partial charge < -0.3 is 20.6 Å². The van der Waals surface area contributed by atoms with Crippen LogP contribution in [0.15, 0.2) is 90.7 Å². The van der Waals surface area contributed by atoms with Gasteiger partial charge in [-0.2, -0.15) is 0 Å². The van der Waals surface area contributed by atoms with Crippen molar-refractivity contribution in [2.24, 2.45) is 0 Å². The van der Waals surface area contributed by atoms with Gasteiger partial charge in [0.1, 0.15) is 0 Å². The molecule has 0 unspecified atom stereocenters. The summed E-state index contributed by atoms with van der Waals surface area (Å²) in [5.41, 5.74) is 3.46. The second kappa shape index (κ2) is 10.7. The fraction of sp³-hybridized carbons (Fsp3) is 0.115. The number of allylic oxidation sites excluding steroid dienone is 1. The number of nitrogens with one attached hydrogen (secondary N) is 1. The molecule has 5 nitrogen and oxygen atoms in total. The molecule has 0 atom stereocenters. The highest BCUT2D eigenvalue weighted by Crippen LogP contribution is 2.25. The van der Waals surface area contributed by atoms with Gasteiger partial charge in [0.15, 0.2) is 11.5 Å². The monoisotopic (exact) mass is 415 g/mol. The Hall–Kier alpha value is -3.99. The number of hydrogen-bond donors (Lipinski definition) is 4. The molecule has 0 radical (unpaired) electrons. The van der Waals surface area contributed by atoms with Crippen LogP contribution in [0, 0.1) is 0 Å². The zero-order chi connectivity index (χ0) is 22.1. The van der Waals surface area contributed by atoms with E-state index >= 15 is 0 Å². The van der Waals surface area contributed by atoms with Gasteiger partial charge in [-0.05, 0) is 34.9 Å². The van der Waals surface area contributed by atoms with Gasteiger partial charge in [0.05, 0.1) is 5.76 Å². The highest BCUT2D eigenvalue weighted by atomic mass is 16.3. The topological polar surface area (TPSA) is 89.8 Å². The van der Waals surface area contributed by atoms with E-state index in [2.05, 4.69) is 5.32 Å². The summed E-state index contributed by atoms with van der Waals surface area (Å²) in [6, 6.07) is 24.0. The Bertz CT molecular complexity index is 1070. The molecule has 0 aliphatic rings. The van der Waals surface area contributed by atoms with Crippen LogP contribution in [0.1, 0.15) is 23.1 Å². The Labute approximate surface area is 181 Å². The number of rotatable bonds is 8. The quantitative estimate of drug-likeness (QED) is 0.241. The van der Waals surface area contributed by atoms with Gasteiger partial charge >= 0.3 is 0 Å². The number of amides is 1. The number of phenols is 2. The second-order valence-electron chi connectivity index (χ2n) is 7.08. The lowest BCUT2D eigenvalue weighted by atomic mass is 9.96. The predicted molar refractivity (Wildman–Crippen MR) is 123 cm³/mol. The minimum atomic E-state index is -0.315. The van der Waals surface area contributed by atoms with Crippen LogP contribution in [0.5, 0.6) is 11.5 Å². The first-order valence-corrected chi connectivity index (χ1v) is 10.0. The molecule has 0 heterocycles. The Morgan fingerprint density at radius 1 is 0.871 bits per heavy atom. The van der Waals surface area contributed by atoms with Crippen molar-refractivity contribution >= 4 is 17.6 Å². The van der Waals surface area contributed by atoms with Gasteiger partial charge in [-0.3, -0.25) is 4.79 Å². The summed E-state index contributed by atoms with van der Waals surface area (Å²) in [7, 11) is 0. The maximum atomic E-state index is 12.1. The SMILES string of the molecule is O=C(/C=C/c1ccc(O)c(O)c1)NCC/C(O)=C(/Cc1ccccc1)c1ccccc1. The lowest BCUT2D eigenvalue weighted by Gasteiger charge is -2.12. The van der Waals surface area contributed by atoms with E-state index in [0.717, 1.165) is 16.7 Å². The van der Waals surface area contributed by atoms with Crippen LogP contribution in [-0.4, -0.2) is 27.8 Å². The van der Waals surface area contributed by atoms with Crippen molar-refractivity contribution in [3.8, 4) is 11.5 Å². The Morgan fingerprint density at radius 2 is 1.55 bits per heavy atom. The number of aliphatic hydroxyl groups is 1. The van der Waals surface area contributed by atoms with Crippen LogP contribution in [0.2, 0.25) is 0 Å². The molecule has 0 saturated heterocycles. The minimum Gasteiger partial charge on any atom is -0.512 e. The summed E-state index contributed by atoms with van der Waals surface area (Å²) in [6.07, 6.45) is 3.77. The molecule has 0 aromatic heterocycles. The highest BCUT2D eigenvalue weighted by Gasteiger charge is 2.10. The normalized spacial score (nSPS) is 11.9. The van der Waals surface area contributed by atoms with E-state index in [-0.39, 0.29) is 29.7 Å². The van der Waals surface area contributed by atoms with Gasteiger partial charge in [-0.15, -0.1) is 0 Å². The molecule has 3 aromatic carbocycles. The van der Waals surface area contributed by atoms with Crippen LogP contribution in [0.25, 0.3) is 11.6 Å². The average molecular weight is 415 g/mol. The standard InChI is InChI=1S/C26H25NO4/c28-23(15-16-27-26(31)14-12-20-11-13-24(29)25(30)18-20)22(21-9-5-2-6-10-21)17-19-7-3-1-4-8-19/h1-14,18,28-30H,15-17H2,(H,27,31)/b14-12+,23-22+. The largest absolute Gasteiger partial charge is 0.512 e. The molecule has 0 saturated carbocycles. The van der Waals surface area contributed by atoms with Gasteiger partial charge in [-0.1, -0.05) is 66.7 Å². The summed E-state index contributed by atoms with van der Waals surface area (Å²) in [4.78, 5) is 12.1. The molecule has 3 rings (SSSR count). The number of hydrogen-bond acceptors (Lipinski definition) is 4. The third-order valence-electron chi connectivity index (χ3n) is 4.78. The molecule has 0 bridgehead atoms. The number of carbonyl (C=O) groups is 1. The number of benzene rings is 3. The smallest absolute Gasteiger partial charge is 0.244 e. The number of aliphatic hydroxyl groups excluding tert-OH is 1. The summed E-state index contributed by atoms with van der Waals surface area (Å²) in [6.45, 7) is 0.279. The van der Waals surface area contributed by atoms with Crippen molar-refractivity contribution in [1.82, 2.24) is 5.32 Å². The van der Waals surface area contributed by atoms with Gasteiger partial charge in [-0.25, -0.2) is 0 Å². The maximum Gasteiger partial charge on any atom is 0.244 e. The van der Waals surface area contributed by atoms with Gasteiger partial charge in [0, 0.05) is 31.0 Å². The van der Waals surface area contributed by atoms with Crippen molar-refractivity contribution in [3.05, 3.63) is 107 Å². The molecule has 0 aliphatic carbocycles. The fourth-order valence-electron chi connectivity index (χ4n) is 3.14. The molecular formula is C26H25NO4. The summed E-state index contributed by atoms with van der Waals surface area (Å²) in [5, 5.41) is 32.3. The van der Waals surface area contributed by atoms with Crippen LogP contribution in [0.4, 0.5) is 0 Å². The molecule has 158 valence electrons. The number of carbonyl (C=O) groups excluding carboxylic acids is 1. The number of phenolic OH excluding ortho intramolecular Hbond substituents is 2. The lowest BCUT2D eigenvalue weighted by Crippen LogP contribution is -2.22. The van der Waals surface area contributed by atoms with Crippen molar-refractivity contribution in [3.63, 3.8) is 0 Å². The Balaban J connectivity index is 1.63. The van der Waals surface area contributed by atoms with E-state index < -0.39 is 0 Å². The zero-order valence-corrected chi connectivity index (χ0v) is 17.0. The van der Waals surface area contributed by atoms with Crippen molar-refractivity contribution in [2.75, 3.05) is 6.54 Å². The molecule has 3 aromatic rings. The van der Waals surface area contributed by atoms with Crippen LogP contribution in [0.3, 0.4) is 0 Å². The molecule has 0 fully saturated rings. The highest BCUT2D eigenvalue weighted by molar-refractivity contribution is 5.91. The first kappa shape index (κ1) is 21.7. The summed E-state index contributed by atoms with van der Waals surface area (Å²) >= 11 is 0. The van der Waals surface area contributed by atoms with Crippen molar-refractivity contribution < 1.29 is 20.1 Å². The van der Waals surface area contributed by atoms with Crippen LogP contribution in [-0.2, 0) is 11.2 Å². The van der Waals surface area contributed by atoms with E-state index in [4.69, 9.17) is 0 Å². The van der Waals surface area contributed by atoms with Crippen molar-refractivity contribution in [2.45, 2.75) is 12.8 Å². The van der Waals surface area contributed by atoms with E-state index in [1.54, 1.807) is 6.07 Å². The second-order valence-corrected chi connectivity index (χ2v) is 7.08. The molecule has 0 aliphatic heterocycles. The maximum absolute atomic E-state index is 12.1. The molecule has 5 heteroatoms. The van der Waals surface area contributed by atoms with E-state index in [1.807, 2.05) is 60.7 Å². The van der Waals surface area contributed by atoms with E-state index in [0.29, 0.717) is 18.4 Å². The summed E-state index contributed by atoms with van der Waals surface area (Å²) in [5.74, 6) is -0.537. The molecule has 1 amide bonds.